The minimum absolute atomic E-state index is 0.112. The molecule has 8 heteroatoms. The first-order chi connectivity index (χ1) is 14.9. The first-order valence-electron chi connectivity index (χ1n) is 10.2. The number of methoxy groups -OCH3 is 2. The van der Waals surface area contributed by atoms with E-state index in [4.69, 9.17) is 21.1 Å². The van der Waals surface area contributed by atoms with Crippen molar-refractivity contribution in [2.24, 2.45) is 0 Å². The second-order valence-corrected chi connectivity index (χ2v) is 9.61. The summed E-state index contributed by atoms with van der Waals surface area (Å²) in [4.78, 5) is 16.6. The number of hydrogen-bond acceptors (Lipinski definition) is 6. The second kappa shape index (κ2) is 10.6. The molecule has 2 aromatic rings. The molecular weight excluding hydrogens is 434 g/mol. The highest BCUT2D eigenvalue weighted by Gasteiger charge is 2.40. The summed E-state index contributed by atoms with van der Waals surface area (Å²) in [5, 5.41) is 6.31. The third-order valence-electron chi connectivity index (χ3n) is 5.47. The Kier molecular flexibility index (Phi) is 8.13. The van der Waals surface area contributed by atoms with Gasteiger partial charge in [0.25, 0.3) is 5.91 Å². The molecule has 1 aromatic carbocycles. The van der Waals surface area contributed by atoms with E-state index in [0.717, 1.165) is 36.5 Å². The molecule has 0 spiro atoms. The molecule has 2 heterocycles. The molecule has 0 radical (unpaired) electrons. The first kappa shape index (κ1) is 23.8. The van der Waals surface area contributed by atoms with E-state index in [2.05, 4.69) is 41.3 Å². The van der Waals surface area contributed by atoms with Gasteiger partial charge in [0, 0.05) is 38.7 Å². The standard InChI is InChI=1S/C23H30ClN3O3S/c1-16(20-7-8-21(24)31-20)26-23(14-29-3,15-30-4)22(28)25-19-6-5-17-9-11-27(2)12-10-18(17)13-19/h5-8,13,26H,1,9-12,14-15H2,2-4H3,(H,25,28). The van der Waals surface area contributed by atoms with Crippen molar-refractivity contribution in [3.63, 3.8) is 0 Å². The van der Waals surface area contributed by atoms with Crippen LogP contribution in [-0.4, -0.2) is 63.9 Å². The fourth-order valence-corrected chi connectivity index (χ4v) is 4.76. The molecule has 6 nitrogen and oxygen atoms in total. The SMILES string of the molecule is C=C(NC(COC)(COC)C(=O)Nc1ccc2c(c1)CCN(C)CC2)c1ccc(Cl)s1. The Morgan fingerprint density at radius 2 is 1.84 bits per heavy atom. The first-order valence-corrected chi connectivity index (χ1v) is 11.4. The summed E-state index contributed by atoms with van der Waals surface area (Å²) in [7, 11) is 5.25. The number of ether oxygens (including phenoxy) is 2. The number of benzene rings is 1. The Bertz CT molecular complexity index is 925. The topological polar surface area (TPSA) is 62.8 Å². The molecule has 1 aliphatic rings. The van der Waals surface area contributed by atoms with Gasteiger partial charge in [-0.3, -0.25) is 4.79 Å². The van der Waals surface area contributed by atoms with E-state index >= 15 is 0 Å². The summed E-state index contributed by atoms with van der Waals surface area (Å²) >= 11 is 7.46. The van der Waals surface area contributed by atoms with Crippen LogP contribution in [0.1, 0.15) is 16.0 Å². The van der Waals surface area contributed by atoms with Crippen molar-refractivity contribution < 1.29 is 14.3 Å². The smallest absolute Gasteiger partial charge is 0.254 e. The third kappa shape index (κ3) is 5.87. The highest BCUT2D eigenvalue weighted by atomic mass is 35.5. The quantitative estimate of drug-likeness (QED) is 0.594. The molecule has 31 heavy (non-hydrogen) atoms. The molecule has 2 N–H and O–H groups in total. The van der Waals surface area contributed by atoms with Crippen molar-refractivity contribution in [2.45, 2.75) is 18.4 Å². The summed E-state index contributed by atoms with van der Waals surface area (Å²) in [5.41, 5.74) is 2.81. The van der Waals surface area contributed by atoms with Crippen molar-refractivity contribution in [3.05, 3.63) is 57.3 Å². The van der Waals surface area contributed by atoms with Crippen molar-refractivity contribution >= 4 is 40.2 Å². The predicted octanol–water partition coefficient (Wildman–Crippen LogP) is 3.66. The van der Waals surface area contributed by atoms with E-state index in [-0.39, 0.29) is 19.1 Å². The van der Waals surface area contributed by atoms with Gasteiger partial charge in [0.2, 0.25) is 0 Å². The number of nitrogens with one attached hydrogen (secondary N) is 2. The molecule has 0 fully saturated rings. The van der Waals surface area contributed by atoms with Gasteiger partial charge in [-0.25, -0.2) is 0 Å². The van der Waals surface area contributed by atoms with Gasteiger partial charge in [0.1, 0.15) is 0 Å². The van der Waals surface area contributed by atoms with Gasteiger partial charge in [0.05, 0.1) is 22.4 Å². The van der Waals surface area contributed by atoms with Crippen LogP contribution in [0.3, 0.4) is 0 Å². The number of thiophene rings is 1. The van der Waals surface area contributed by atoms with E-state index < -0.39 is 5.54 Å². The summed E-state index contributed by atoms with van der Waals surface area (Å²) in [5.74, 6) is -0.245. The molecule has 0 saturated carbocycles. The van der Waals surface area contributed by atoms with Crippen LogP contribution in [0.4, 0.5) is 5.69 Å². The predicted molar refractivity (Wildman–Crippen MR) is 128 cm³/mol. The summed E-state index contributed by atoms with van der Waals surface area (Å²) in [6, 6.07) is 9.81. The molecule has 3 rings (SSSR count). The van der Waals surface area contributed by atoms with Crippen molar-refractivity contribution in [3.8, 4) is 0 Å². The number of rotatable bonds is 9. The molecule has 1 aromatic heterocycles. The molecule has 0 unspecified atom stereocenters. The molecule has 0 bridgehead atoms. The van der Waals surface area contributed by atoms with Gasteiger partial charge in [-0.15, -0.1) is 11.3 Å². The molecule has 0 saturated heterocycles. The molecular formula is C23H30ClN3O3S. The second-order valence-electron chi connectivity index (χ2n) is 7.90. The number of carbonyl (C=O) groups excluding carboxylic acids is 1. The Balaban J connectivity index is 1.82. The van der Waals surface area contributed by atoms with Crippen LogP contribution in [0.5, 0.6) is 0 Å². The number of likely N-dealkylation sites (N-methyl/N-ethyl adjacent to an activating group) is 1. The molecule has 1 aliphatic heterocycles. The van der Waals surface area contributed by atoms with Gasteiger partial charge >= 0.3 is 0 Å². The Hall–Kier alpha value is -1.90. The summed E-state index contributed by atoms with van der Waals surface area (Å²) in [6.07, 6.45) is 1.98. The minimum Gasteiger partial charge on any atom is -0.382 e. The van der Waals surface area contributed by atoms with Crippen LogP contribution in [0.15, 0.2) is 36.9 Å². The zero-order valence-electron chi connectivity index (χ0n) is 18.3. The zero-order valence-corrected chi connectivity index (χ0v) is 19.9. The van der Waals surface area contributed by atoms with Crippen LogP contribution < -0.4 is 10.6 Å². The van der Waals surface area contributed by atoms with Crippen molar-refractivity contribution in [1.29, 1.82) is 0 Å². The molecule has 1 amide bonds. The Morgan fingerprint density at radius 1 is 1.16 bits per heavy atom. The molecule has 168 valence electrons. The number of hydrogen-bond donors (Lipinski definition) is 2. The van der Waals surface area contributed by atoms with Gasteiger partial charge in [0.15, 0.2) is 5.54 Å². The fraction of sp³-hybridized carbons (Fsp3) is 0.435. The Morgan fingerprint density at radius 3 is 2.45 bits per heavy atom. The average molecular weight is 464 g/mol. The van der Waals surface area contributed by atoms with Gasteiger partial charge in [-0.2, -0.15) is 0 Å². The average Bonchev–Trinajstić information content (AvgIpc) is 3.09. The summed E-state index contributed by atoms with van der Waals surface area (Å²) < 4.78 is 11.5. The van der Waals surface area contributed by atoms with Crippen LogP contribution in [0, 0.1) is 0 Å². The minimum atomic E-state index is -1.15. The van der Waals surface area contributed by atoms with Crippen LogP contribution >= 0.6 is 22.9 Å². The van der Waals surface area contributed by atoms with Crippen LogP contribution in [0.2, 0.25) is 4.34 Å². The number of amides is 1. The van der Waals surface area contributed by atoms with E-state index in [9.17, 15) is 4.79 Å². The van der Waals surface area contributed by atoms with Gasteiger partial charge in [-0.1, -0.05) is 24.2 Å². The van der Waals surface area contributed by atoms with E-state index in [1.807, 2.05) is 12.1 Å². The number of nitrogens with zero attached hydrogens (tertiary/aromatic N) is 1. The van der Waals surface area contributed by atoms with Gasteiger partial charge < -0.3 is 25.0 Å². The van der Waals surface area contributed by atoms with E-state index in [1.54, 1.807) is 20.3 Å². The maximum Gasteiger partial charge on any atom is 0.254 e. The van der Waals surface area contributed by atoms with Crippen LogP contribution in [-0.2, 0) is 27.1 Å². The highest BCUT2D eigenvalue weighted by Crippen LogP contribution is 2.28. The number of anilines is 1. The van der Waals surface area contributed by atoms with Crippen LogP contribution in [0.25, 0.3) is 5.70 Å². The number of fused-ring (bicyclic) bond motifs is 1. The van der Waals surface area contributed by atoms with E-state index in [0.29, 0.717) is 10.0 Å². The molecule has 0 atom stereocenters. The number of halogens is 1. The normalized spacial score (nSPS) is 14.6. The fourth-order valence-electron chi connectivity index (χ4n) is 3.79. The van der Waals surface area contributed by atoms with Crippen molar-refractivity contribution in [2.75, 3.05) is 52.9 Å². The lowest BCUT2D eigenvalue weighted by atomic mass is 9.98. The lowest BCUT2D eigenvalue weighted by molar-refractivity contribution is -0.126. The van der Waals surface area contributed by atoms with Gasteiger partial charge in [-0.05, 0) is 55.3 Å². The maximum absolute atomic E-state index is 13.5. The third-order valence-corrected chi connectivity index (χ3v) is 6.76. The summed E-state index contributed by atoms with van der Waals surface area (Å²) in [6.45, 7) is 6.37. The lowest BCUT2D eigenvalue weighted by Crippen LogP contribution is -2.60. The maximum atomic E-state index is 13.5. The molecule has 0 aliphatic carbocycles. The zero-order chi connectivity index (χ0) is 22.4. The monoisotopic (exact) mass is 463 g/mol. The Labute approximate surface area is 193 Å². The lowest BCUT2D eigenvalue weighted by Gasteiger charge is -2.33. The van der Waals surface area contributed by atoms with E-state index in [1.165, 1.54) is 22.5 Å². The largest absolute Gasteiger partial charge is 0.382 e. The number of carbonyl (C=O) groups is 1. The highest BCUT2D eigenvalue weighted by molar-refractivity contribution is 7.17. The van der Waals surface area contributed by atoms with Crippen molar-refractivity contribution in [1.82, 2.24) is 10.2 Å².